The Labute approximate surface area is 82.8 Å². The van der Waals surface area contributed by atoms with Crippen LogP contribution in [0.2, 0.25) is 0 Å². The van der Waals surface area contributed by atoms with Crippen LogP contribution in [0.25, 0.3) is 0 Å². The third-order valence-electron chi connectivity index (χ3n) is 2.67. The molecule has 1 aromatic rings. The number of nitriles is 1. The lowest BCUT2D eigenvalue weighted by Crippen LogP contribution is -2.15. The molecular formula is C10H12N4. The van der Waals surface area contributed by atoms with Gasteiger partial charge in [0.2, 0.25) is 0 Å². The lowest BCUT2D eigenvalue weighted by atomic mass is 9.82. The van der Waals surface area contributed by atoms with E-state index in [1.165, 1.54) is 6.42 Å². The second kappa shape index (κ2) is 3.62. The van der Waals surface area contributed by atoms with E-state index < -0.39 is 0 Å². The van der Waals surface area contributed by atoms with Gasteiger partial charge in [0, 0.05) is 5.92 Å². The van der Waals surface area contributed by atoms with Crippen LogP contribution in [0.5, 0.6) is 0 Å². The van der Waals surface area contributed by atoms with Crippen LogP contribution in [0.4, 0.5) is 0 Å². The molecule has 1 aromatic heterocycles. The summed E-state index contributed by atoms with van der Waals surface area (Å²) in [5.41, 5.74) is 1.48. The summed E-state index contributed by atoms with van der Waals surface area (Å²) in [4.78, 5) is 0. The number of hydrogen-bond donors (Lipinski definition) is 0. The fourth-order valence-electron chi connectivity index (χ4n) is 1.74. The van der Waals surface area contributed by atoms with Crippen LogP contribution in [-0.4, -0.2) is 15.0 Å². The normalized spacial score (nSPS) is 15.9. The minimum absolute atomic E-state index is 0.483. The molecule has 0 aliphatic heterocycles. The molecule has 1 aliphatic rings. The summed E-state index contributed by atoms with van der Waals surface area (Å²) in [6, 6.07) is 2.09. The Morgan fingerprint density at radius 3 is 2.93 bits per heavy atom. The molecule has 0 aromatic carbocycles. The Hall–Kier alpha value is -1.63. The molecule has 2 rings (SSSR count). The number of allylic oxidation sites excluding steroid dienone is 1. The van der Waals surface area contributed by atoms with Crippen molar-refractivity contribution in [1.29, 1.82) is 5.26 Å². The van der Waals surface area contributed by atoms with Crippen molar-refractivity contribution < 1.29 is 0 Å². The van der Waals surface area contributed by atoms with Crippen LogP contribution >= 0.6 is 0 Å². The summed E-state index contributed by atoms with van der Waals surface area (Å²) in [5.74, 6) is 0.486. The predicted octanol–water partition coefficient (Wildman–Crippen LogP) is 1.60. The molecule has 1 saturated carbocycles. The third-order valence-corrected chi connectivity index (χ3v) is 2.67. The van der Waals surface area contributed by atoms with Crippen molar-refractivity contribution in [3.05, 3.63) is 24.0 Å². The van der Waals surface area contributed by atoms with E-state index in [0.29, 0.717) is 18.2 Å². The number of nitrogens with zero attached hydrogens (tertiary/aromatic N) is 4. The molecule has 1 heterocycles. The maximum atomic E-state index is 8.88. The van der Waals surface area contributed by atoms with Crippen LogP contribution < -0.4 is 0 Å². The molecule has 72 valence electrons. The first-order chi connectivity index (χ1) is 6.86. The van der Waals surface area contributed by atoms with E-state index in [1.54, 1.807) is 10.8 Å². The van der Waals surface area contributed by atoms with E-state index in [9.17, 15) is 0 Å². The van der Waals surface area contributed by atoms with Gasteiger partial charge in [-0.15, -0.1) is 11.7 Å². The largest absolute Gasteiger partial charge is 0.244 e. The first-order valence-corrected chi connectivity index (χ1v) is 4.81. The van der Waals surface area contributed by atoms with Crippen LogP contribution in [0.15, 0.2) is 12.7 Å². The molecule has 0 saturated heterocycles. The lowest BCUT2D eigenvalue weighted by Gasteiger charge is -2.25. The maximum absolute atomic E-state index is 8.88. The molecule has 4 heteroatoms. The van der Waals surface area contributed by atoms with Crippen molar-refractivity contribution >= 4 is 0 Å². The maximum Gasteiger partial charge on any atom is 0.186 e. The SMILES string of the molecule is C=CCn1nnc(C#N)c1C1CCC1. The highest BCUT2D eigenvalue weighted by molar-refractivity contribution is 5.29. The van der Waals surface area contributed by atoms with Gasteiger partial charge < -0.3 is 0 Å². The van der Waals surface area contributed by atoms with E-state index in [1.807, 2.05) is 0 Å². The molecule has 0 atom stereocenters. The fraction of sp³-hybridized carbons (Fsp3) is 0.500. The smallest absolute Gasteiger partial charge is 0.186 e. The van der Waals surface area contributed by atoms with Gasteiger partial charge in [-0.1, -0.05) is 17.7 Å². The molecule has 0 unspecified atom stereocenters. The summed E-state index contributed by atoms with van der Waals surface area (Å²) < 4.78 is 1.79. The third kappa shape index (κ3) is 1.31. The van der Waals surface area contributed by atoms with Crippen molar-refractivity contribution in [1.82, 2.24) is 15.0 Å². The highest BCUT2D eigenvalue weighted by Crippen LogP contribution is 2.37. The van der Waals surface area contributed by atoms with Gasteiger partial charge in [-0.05, 0) is 12.8 Å². The highest BCUT2D eigenvalue weighted by Gasteiger charge is 2.27. The van der Waals surface area contributed by atoms with Gasteiger partial charge >= 0.3 is 0 Å². The van der Waals surface area contributed by atoms with Gasteiger partial charge in [-0.25, -0.2) is 4.68 Å². The summed E-state index contributed by atoms with van der Waals surface area (Å²) in [5, 5.41) is 16.7. The topological polar surface area (TPSA) is 54.5 Å². The molecule has 1 aliphatic carbocycles. The number of rotatable bonds is 3. The van der Waals surface area contributed by atoms with Crippen molar-refractivity contribution in [2.24, 2.45) is 0 Å². The molecule has 14 heavy (non-hydrogen) atoms. The van der Waals surface area contributed by atoms with Crippen molar-refractivity contribution in [2.45, 2.75) is 31.7 Å². The second-order valence-electron chi connectivity index (χ2n) is 3.53. The van der Waals surface area contributed by atoms with E-state index in [4.69, 9.17) is 5.26 Å². The molecule has 4 nitrogen and oxygen atoms in total. The van der Waals surface area contributed by atoms with Crippen molar-refractivity contribution in [3.8, 4) is 6.07 Å². The van der Waals surface area contributed by atoms with Crippen molar-refractivity contribution in [2.75, 3.05) is 0 Å². The summed E-state index contributed by atoms with van der Waals surface area (Å²) >= 11 is 0. The summed E-state index contributed by atoms with van der Waals surface area (Å²) in [7, 11) is 0. The first kappa shape index (κ1) is 8.95. The predicted molar refractivity (Wildman–Crippen MR) is 51.5 cm³/mol. The molecule has 1 fully saturated rings. The monoisotopic (exact) mass is 188 g/mol. The fourth-order valence-corrected chi connectivity index (χ4v) is 1.74. The minimum Gasteiger partial charge on any atom is -0.244 e. The van der Waals surface area contributed by atoms with Gasteiger partial charge in [0.05, 0.1) is 12.2 Å². The van der Waals surface area contributed by atoms with Crippen LogP contribution in [0.3, 0.4) is 0 Å². The molecule has 0 amide bonds. The average Bonchev–Trinajstić information content (AvgIpc) is 2.47. The zero-order valence-electron chi connectivity index (χ0n) is 7.98. The van der Waals surface area contributed by atoms with Crippen LogP contribution in [0.1, 0.15) is 36.6 Å². The van der Waals surface area contributed by atoms with Gasteiger partial charge in [0.1, 0.15) is 6.07 Å². The van der Waals surface area contributed by atoms with E-state index >= 15 is 0 Å². The zero-order chi connectivity index (χ0) is 9.97. The van der Waals surface area contributed by atoms with E-state index in [-0.39, 0.29) is 0 Å². The van der Waals surface area contributed by atoms with Crippen LogP contribution in [-0.2, 0) is 6.54 Å². The van der Waals surface area contributed by atoms with Gasteiger partial charge in [0.15, 0.2) is 5.69 Å². The number of hydrogen-bond acceptors (Lipinski definition) is 3. The quantitative estimate of drug-likeness (QED) is 0.677. The lowest BCUT2D eigenvalue weighted by molar-refractivity contribution is 0.392. The average molecular weight is 188 g/mol. The Morgan fingerprint density at radius 2 is 2.43 bits per heavy atom. The van der Waals surface area contributed by atoms with Gasteiger partial charge in [-0.2, -0.15) is 5.26 Å². The van der Waals surface area contributed by atoms with Crippen molar-refractivity contribution in [3.63, 3.8) is 0 Å². The zero-order valence-corrected chi connectivity index (χ0v) is 7.98. The van der Waals surface area contributed by atoms with Crippen LogP contribution in [0, 0.1) is 11.3 Å². The molecule has 0 N–H and O–H groups in total. The molecule has 0 bridgehead atoms. The second-order valence-corrected chi connectivity index (χ2v) is 3.53. The minimum atomic E-state index is 0.483. The first-order valence-electron chi connectivity index (χ1n) is 4.81. The molecule has 0 radical (unpaired) electrons. The Morgan fingerprint density at radius 1 is 1.64 bits per heavy atom. The Bertz CT molecular complexity index is 381. The standard InChI is InChI=1S/C10H12N4/c1-2-6-14-10(8-4-3-5-8)9(7-11)12-13-14/h2,8H,1,3-6H2. The Kier molecular flexibility index (Phi) is 2.32. The Balaban J connectivity index is 2.35. The van der Waals surface area contributed by atoms with Gasteiger partial charge in [0.25, 0.3) is 0 Å². The summed E-state index contributed by atoms with van der Waals surface area (Å²) in [6.07, 6.45) is 5.32. The summed E-state index contributed by atoms with van der Waals surface area (Å²) in [6.45, 7) is 4.30. The molecular weight excluding hydrogens is 176 g/mol. The highest BCUT2D eigenvalue weighted by atomic mass is 15.4. The van der Waals surface area contributed by atoms with E-state index in [2.05, 4.69) is 23.0 Å². The van der Waals surface area contributed by atoms with E-state index in [0.717, 1.165) is 18.5 Å². The van der Waals surface area contributed by atoms with Gasteiger partial charge in [-0.3, -0.25) is 0 Å². The molecule has 0 spiro atoms. The number of aromatic nitrogens is 3.